The van der Waals surface area contributed by atoms with Gasteiger partial charge in [-0.15, -0.1) is 0 Å². The van der Waals surface area contributed by atoms with E-state index in [2.05, 4.69) is 13.5 Å². The Morgan fingerprint density at radius 2 is 2.00 bits per heavy atom. The highest BCUT2D eigenvalue weighted by Gasteiger charge is 1.95. The summed E-state index contributed by atoms with van der Waals surface area (Å²) >= 11 is 0. The molecule has 1 aromatic carbocycles. The van der Waals surface area contributed by atoms with Crippen LogP contribution in [0.1, 0.15) is 13.3 Å². The molecule has 2 heteroatoms. The van der Waals surface area contributed by atoms with Gasteiger partial charge >= 0.3 is 0 Å². The van der Waals surface area contributed by atoms with Crippen molar-refractivity contribution in [2.45, 2.75) is 13.3 Å². The monoisotopic (exact) mass is 230 g/mol. The van der Waals surface area contributed by atoms with Crippen molar-refractivity contribution in [1.82, 2.24) is 0 Å². The fraction of sp³-hybridized carbons (Fsp3) is 0.200. The Kier molecular flexibility index (Phi) is 6.34. The van der Waals surface area contributed by atoms with E-state index in [4.69, 9.17) is 9.47 Å². The van der Waals surface area contributed by atoms with Gasteiger partial charge in [-0.05, 0) is 24.6 Å². The maximum Gasteiger partial charge on any atom is 0.130 e. The third kappa shape index (κ3) is 5.61. The molecule has 0 unspecified atom stereocenters. The molecule has 90 valence electrons. The number of allylic oxidation sites excluding steroid dienone is 4. The molecule has 0 aliphatic rings. The van der Waals surface area contributed by atoms with Crippen LogP contribution in [-0.2, 0) is 0 Å². The predicted molar refractivity (Wildman–Crippen MR) is 71.3 cm³/mol. The summed E-state index contributed by atoms with van der Waals surface area (Å²) in [6, 6.07) is 7.59. The first-order valence-corrected chi connectivity index (χ1v) is 5.70. The maximum atomic E-state index is 5.51. The lowest BCUT2D eigenvalue weighted by Gasteiger charge is -2.05. The molecule has 0 spiro atoms. The number of benzene rings is 1. The van der Waals surface area contributed by atoms with Crippen LogP contribution in [0.15, 0.2) is 61.4 Å². The Bertz CT molecular complexity index is 392. The topological polar surface area (TPSA) is 18.5 Å². The largest absolute Gasteiger partial charge is 0.493 e. The Morgan fingerprint density at radius 3 is 2.76 bits per heavy atom. The van der Waals surface area contributed by atoms with E-state index in [1.165, 1.54) is 0 Å². The first-order chi connectivity index (χ1) is 8.36. The zero-order valence-electron chi connectivity index (χ0n) is 10.1. The van der Waals surface area contributed by atoms with Crippen molar-refractivity contribution >= 4 is 0 Å². The van der Waals surface area contributed by atoms with Gasteiger partial charge < -0.3 is 9.47 Å². The molecule has 0 aliphatic heterocycles. The van der Waals surface area contributed by atoms with E-state index in [0.29, 0.717) is 0 Å². The Hall–Kier alpha value is -1.96. The molecule has 0 amide bonds. The van der Waals surface area contributed by atoms with Crippen LogP contribution in [-0.4, -0.2) is 6.61 Å². The van der Waals surface area contributed by atoms with Gasteiger partial charge in [0.1, 0.15) is 11.5 Å². The average molecular weight is 230 g/mol. The number of rotatable bonds is 7. The van der Waals surface area contributed by atoms with Gasteiger partial charge in [0.05, 0.1) is 12.9 Å². The Balaban J connectivity index is 2.50. The van der Waals surface area contributed by atoms with Crippen LogP contribution in [0.3, 0.4) is 0 Å². The van der Waals surface area contributed by atoms with E-state index in [1.807, 2.05) is 36.4 Å². The molecular weight excluding hydrogens is 212 g/mol. The van der Waals surface area contributed by atoms with Crippen LogP contribution in [0.2, 0.25) is 0 Å². The average Bonchev–Trinajstić information content (AvgIpc) is 2.37. The van der Waals surface area contributed by atoms with Crippen molar-refractivity contribution in [2.75, 3.05) is 6.61 Å². The maximum absolute atomic E-state index is 5.51. The van der Waals surface area contributed by atoms with Crippen molar-refractivity contribution in [1.29, 1.82) is 0 Å². The second kappa shape index (κ2) is 8.22. The van der Waals surface area contributed by atoms with Gasteiger partial charge in [-0.2, -0.15) is 0 Å². The lowest BCUT2D eigenvalue weighted by molar-refractivity contribution is 0.316. The van der Waals surface area contributed by atoms with Crippen molar-refractivity contribution in [3.8, 4) is 11.5 Å². The SMILES string of the molecule is C=C/C=C/C=C/Oc1cccc(OCCC)c1. The summed E-state index contributed by atoms with van der Waals surface area (Å²) in [5, 5.41) is 0. The van der Waals surface area contributed by atoms with Crippen LogP contribution in [0.5, 0.6) is 11.5 Å². The summed E-state index contributed by atoms with van der Waals surface area (Å²) < 4.78 is 10.9. The molecular formula is C15H18O2. The molecule has 17 heavy (non-hydrogen) atoms. The van der Waals surface area contributed by atoms with Crippen LogP contribution in [0, 0.1) is 0 Å². The molecule has 0 radical (unpaired) electrons. The molecule has 0 bridgehead atoms. The molecule has 2 nitrogen and oxygen atoms in total. The second-order valence-corrected chi connectivity index (χ2v) is 3.39. The van der Waals surface area contributed by atoms with Crippen molar-refractivity contribution in [2.24, 2.45) is 0 Å². The molecule has 0 atom stereocenters. The summed E-state index contributed by atoms with van der Waals surface area (Å²) in [6.45, 7) is 6.38. The van der Waals surface area contributed by atoms with E-state index in [-0.39, 0.29) is 0 Å². The van der Waals surface area contributed by atoms with Gasteiger partial charge in [-0.1, -0.05) is 37.8 Å². The first-order valence-electron chi connectivity index (χ1n) is 5.70. The number of ether oxygens (including phenoxy) is 2. The van der Waals surface area contributed by atoms with Gasteiger partial charge in [-0.3, -0.25) is 0 Å². The van der Waals surface area contributed by atoms with Crippen LogP contribution in [0.25, 0.3) is 0 Å². The fourth-order valence-corrected chi connectivity index (χ4v) is 1.16. The molecule has 0 saturated heterocycles. The Morgan fingerprint density at radius 1 is 1.18 bits per heavy atom. The van der Waals surface area contributed by atoms with E-state index in [9.17, 15) is 0 Å². The van der Waals surface area contributed by atoms with Crippen molar-refractivity contribution in [3.63, 3.8) is 0 Å². The number of hydrogen-bond donors (Lipinski definition) is 0. The summed E-state index contributed by atoms with van der Waals surface area (Å²) in [5.41, 5.74) is 0. The molecule has 0 aromatic heterocycles. The summed E-state index contributed by atoms with van der Waals surface area (Å²) in [6.07, 6.45) is 9.83. The van der Waals surface area contributed by atoms with Crippen LogP contribution in [0.4, 0.5) is 0 Å². The first kappa shape index (κ1) is 13.1. The van der Waals surface area contributed by atoms with Crippen LogP contribution >= 0.6 is 0 Å². The lowest BCUT2D eigenvalue weighted by Crippen LogP contribution is -1.94. The number of hydrogen-bond acceptors (Lipinski definition) is 2. The molecule has 0 heterocycles. The minimum absolute atomic E-state index is 0.724. The molecule has 0 aliphatic carbocycles. The third-order valence-corrected chi connectivity index (χ3v) is 1.92. The van der Waals surface area contributed by atoms with E-state index in [1.54, 1.807) is 18.4 Å². The minimum Gasteiger partial charge on any atom is -0.493 e. The Labute approximate surface area is 103 Å². The molecule has 0 N–H and O–H groups in total. The normalized spacial score (nSPS) is 10.9. The lowest BCUT2D eigenvalue weighted by atomic mass is 10.3. The highest BCUT2D eigenvalue weighted by Crippen LogP contribution is 2.19. The van der Waals surface area contributed by atoms with Gasteiger partial charge in [-0.25, -0.2) is 0 Å². The highest BCUT2D eigenvalue weighted by atomic mass is 16.5. The molecule has 0 fully saturated rings. The van der Waals surface area contributed by atoms with Gasteiger partial charge in [0.2, 0.25) is 0 Å². The molecule has 1 rings (SSSR count). The highest BCUT2D eigenvalue weighted by molar-refractivity contribution is 5.33. The van der Waals surface area contributed by atoms with E-state index >= 15 is 0 Å². The van der Waals surface area contributed by atoms with Crippen LogP contribution < -0.4 is 9.47 Å². The summed E-state index contributed by atoms with van der Waals surface area (Å²) in [7, 11) is 0. The summed E-state index contributed by atoms with van der Waals surface area (Å²) in [5.74, 6) is 1.60. The molecule has 1 aromatic rings. The fourth-order valence-electron chi connectivity index (χ4n) is 1.16. The van der Waals surface area contributed by atoms with E-state index in [0.717, 1.165) is 24.5 Å². The standard InChI is InChI=1S/C15H18O2/c1-3-5-6-7-12-17-15-10-8-9-14(13-15)16-11-4-2/h3,5-10,12-13H,1,4,11H2,2H3/b6-5+,12-7+. The van der Waals surface area contributed by atoms with Crippen molar-refractivity contribution in [3.05, 3.63) is 61.4 Å². The van der Waals surface area contributed by atoms with Gasteiger partial charge in [0.15, 0.2) is 0 Å². The predicted octanol–water partition coefficient (Wildman–Crippen LogP) is 4.11. The third-order valence-electron chi connectivity index (χ3n) is 1.92. The summed E-state index contributed by atoms with van der Waals surface area (Å²) in [4.78, 5) is 0. The van der Waals surface area contributed by atoms with Gasteiger partial charge in [0.25, 0.3) is 0 Å². The zero-order chi connectivity index (χ0) is 12.3. The minimum atomic E-state index is 0.724. The van der Waals surface area contributed by atoms with E-state index < -0.39 is 0 Å². The quantitative estimate of drug-likeness (QED) is 0.518. The second-order valence-electron chi connectivity index (χ2n) is 3.39. The smallest absolute Gasteiger partial charge is 0.130 e. The zero-order valence-corrected chi connectivity index (χ0v) is 10.1. The van der Waals surface area contributed by atoms with Gasteiger partial charge in [0, 0.05) is 6.07 Å². The molecule has 0 saturated carbocycles. The van der Waals surface area contributed by atoms with Crippen molar-refractivity contribution < 1.29 is 9.47 Å².